The molecule has 0 saturated heterocycles. The number of nitrogen functional groups attached to an aromatic ring is 1. The predicted molar refractivity (Wildman–Crippen MR) is 79.6 cm³/mol. The molecule has 0 spiro atoms. The van der Waals surface area contributed by atoms with E-state index in [0.717, 1.165) is 27.1 Å². The number of anilines is 1. The highest BCUT2D eigenvalue weighted by Crippen LogP contribution is 2.31. The Morgan fingerprint density at radius 2 is 2.00 bits per heavy atom. The molecule has 0 saturated carbocycles. The smallest absolute Gasteiger partial charge is 0.189 e. The van der Waals surface area contributed by atoms with Gasteiger partial charge in [-0.25, -0.2) is 0 Å². The molecule has 5 heteroatoms. The van der Waals surface area contributed by atoms with Crippen LogP contribution in [0.3, 0.4) is 0 Å². The highest BCUT2D eigenvalue weighted by Gasteiger charge is 2.16. The Balaban J connectivity index is 1.80. The highest BCUT2D eigenvalue weighted by molar-refractivity contribution is 9.10. The van der Waals surface area contributed by atoms with Crippen molar-refractivity contribution in [1.29, 1.82) is 0 Å². The minimum absolute atomic E-state index is 0.266. The first kappa shape index (κ1) is 13.3. The van der Waals surface area contributed by atoms with Gasteiger partial charge in [-0.3, -0.25) is 0 Å². The van der Waals surface area contributed by atoms with Gasteiger partial charge in [-0.15, -0.1) is 0 Å². The van der Waals surface area contributed by atoms with E-state index in [4.69, 9.17) is 19.9 Å². The number of hydrogen-bond acceptors (Lipinski definition) is 4. The average molecular weight is 336 g/mol. The van der Waals surface area contributed by atoms with Gasteiger partial charge in [0.2, 0.25) is 0 Å². The lowest BCUT2D eigenvalue weighted by Crippen LogP contribution is -2.14. The van der Waals surface area contributed by atoms with Crippen LogP contribution in [0.5, 0.6) is 11.5 Å². The molecule has 0 amide bonds. The Kier molecular flexibility index (Phi) is 3.80. The van der Waals surface area contributed by atoms with Gasteiger partial charge >= 0.3 is 0 Å². The molecule has 2 aromatic rings. The third-order valence-electron chi connectivity index (χ3n) is 3.02. The van der Waals surface area contributed by atoms with E-state index in [1.54, 1.807) is 0 Å². The number of halogens is 1. The summed E-state index contributed by atoms with van der Waals surface area (Å²) in [7, 11) is 0. The summed E-state index contributed by atoms with van der Waals surface area (Å²) in [5, 5.41) is 0. The van der Waals surface area contributed by atoms with Gasteiger partial charge in [-0.1, -0.05) is 15.9 Å². The number of fused-ring (bicyclic) bond motifs is 1. The van der Waals surface area contributed by atoms with Crippen molar-refractivity contribution < 1.29 is 14.2 Å². The van der Waals surface area contributed by atoms with Crippen molar-refractivity contribution in [3.8, 4) is 11.5 Å². The highest BCUT2D eigenvalue weighted by atomic mass is 79.9. The molecule has 0 radical (unpaired) electrons. The summed E-state index contributed by atoms with van der Waals surface area (Å²) in [6.45, 7) is 1.20. The summed E-state index contributed by atoms with van der Waals surface area (Å²) in [5.41, 5.74) is 8.49. The summed E-state index contributed by atoms with van der Waals surface area (Å²) in [6.07, 6.45) is 0. The zero-order chi connectivity index (χ0) is 13.9. The normalized spacial score (nSPS) is 13.4. The largest absolute Gasteiger partial charge is 0.489 e. The van der Waals surface area contributed by atoms with Crippen LogP contribution >= 0.6 is 15.9 Å². The number of benzene rings is 2. The van der Waals surface area contributed by atoms with Gasteiger partial charge in [0.25, 0.3) is 0 Å². The van der Waals surface area contributed by atoms with Crippen LogP contribution in [0.2, 0.25) is 0 Å². The number of nitrogens with two attached hydrogens (primary N) is 1. The molecular weight excluding hydrogens is 322 g/mol. The van der Waals surface area contributed by atoms with Gasteiger partial charge in [0, 0.05) is 21.3 Å². The predicted octanol–water partition coefficient (Wildman–Crippen LogP) is 3.48. The van der Waals surface area contributed by atoms with Gasteiger partial charge in [0.1, 0.15) is 18.1 Å². The molecule has 0 aromatic heterocycles. The first-order valence-electron chi connectivity index (χ1n) is 6.22. The standard InChI is InChI=1S/C15H14BrNO3/c16-12-1-3-14(4-2-12)19-8-11-6-13(17)5-10-7-18-9-20-15(10)11/h1-6H,7-9,17H2. The zero-order valence-corrected chi connectivity index (χ0v) is 12.4. The topological polar surface area (TPSA) is 53.7 Å². The minimum Gasteiger partial charge on any atom is -0.489 e. The van der Waals surface area contributed by atoms with E-state index in [2.05, 4.69) is 15.9 Å². The van der Waals surface area contributed by atoms with Crippen molar-refractivity contribution in [2.45, 2.75) is 13.2 Å². The molecule has 104 valence electrons. The van der Waals surface area contributed by atoms with E-state index in [0.29, 0.717) is 18.9 Å². The van der Waals surface area contributed by atoms with Gasteiger partial charge in [0.05, 0.1) is 6.61 Å². The Hall–Kier alpha value is -1.72. The average Bonchev–Trinajstić information content (AvgIpc) is 2.46. The Morgan fingerprint density at radius 3 is 2.80 bits per heavy atom. The van der Waals surface area contributed by atoms with Gasteiger partial charge in [-0.2, -0.15) is 0 Å². The summed E-state index contributed by atoms with van der Waals surface area (Å²) in [4.78, 5) is 0. The molecular formula is C15H14BrNO3. The van der Waals surface area contributed by atoms with Crippen molar-refractivity contribution in [2.24, 2.45) is 0 Å². The maximum atomic E-state index is 5.90. The maximum absolute atomic E-state index is 5.90. The van der Waals surface area contributed by atoms with Crippen LogP contribution in [0.1, 0.15) is 11.1 Å². The van der Waals surface area contributed by atoms with Gasteiger partial charge < -0.3 is 19.9 Å². The maximum Gasteiger partial charge on any atom is 0.189 e. The lowest BCUT2D eigenvalue weighted by atomic mass is 10.1. The van der Waals surface area contributed by atoms with Crippen LogP contribution in [-0.2, 0) is 18.0 Å². The van der Waals surface area contributed by atoms with Crippen molar-refractivity contribution >= 4 is 21.6 Å². The van der Waals surface area contributed by atoms with E-state index >= 15 is 0 Å². The monoisotopic (exact) mass is 335 g/mol. The number of ether oxygens (including phenoxy) is 3. The quantitative estimate of drug-likeness (QED) is 0.872. The fourth-order valence-corrected chi connectivity index (χ4v) is 2.39. The summed E-state index contributed by atoms with van der Waals surface area (Å²) >= 11 is 3.39. The number of rotatable bonds is 3. The van der Waals surface area contributed by atoms with Crippen LogP contribution in [0.4, 0.5) is 5.69 Å². The molecule has 0 aliphatic carbocycles. The van der Waals surface area contributed by atoms with Gasteiger partial charge in [-0.05, 0) is 36.4 Å². The molecule has 0 unspecified atom stereocenters. The van der Waals surface area contributed by atoms with E-state index in [9.17, 15) is 0 Å². The second-order valence-corrected chi connectivity index (χ2v) is 5.44. The lowest BCUT2D eigenvalue weighted by Gasteiger charge is -2.21. The van der Waals surface area contributed by atoms with Crippen LogP contribution in [0.15, 0.2) is 40.9 Å². The SMILES string of the molecule is Nc1cc2c(c(COc3ccc(Br)cc3)c1)OCOC2. The van der Waals surface area contributed by atoms with E-state index < -0.39 is 0 Å². The Morgan fingerprint density at radius 1 is 1.20 bits per heavy atom. The molecule has 2 aromatic carbocycles. The fourth-order valence-electron chi connectivity index (χ4n) is 2.13. The Bertz CT molecular complexity index is 613. The molecule has 1 heterocycles. The molecule has 4 nitrogen and oxygen atoms in total. The number of hydrogen-bond donors (Lipinski definition) is 1. The van der Waals surface area contributed by atoms with Crippen LogP contribution in [0, 0.1) is 0 Å². The second kappa shape index (κ2) is 5.73. The van der Waals surface area contributed by atoms with E-state index in [1.807, 2.05) is 36.4 Å². The van der Waals surface area contributed by atoms with Crippen LogP contribution in [-0.4, -0.2) is 6.79 Å². The third-order valence-corrected chi connectivity index (χ3v) is 3.55. The van der Waals surface area contributed by atoms with Crippen molar-refractivity contribution in [1.82, 2.24) is 0 Å². The van der Waals surface area contributed by atoms with E-state index in [-0.39, 0.29) is 6.79 Å². The molecule has 2 N–H and O–H groups in total. The zero-order valence-electron chi connectivity index (χ0n) is 10.8. The van der Waals surface area contributed by atoms with Crippen molar-refractivity contribution in [3.05, 3.63) is 52.0 Å². The molecule has 0 bridgehead atoms. The molecule has 20 heavy (non-hydrogen) atoms. The second-order valence-electron chi connectivity index (χ2n) is 4.52. The summed E-state index contributed by atoms with van der Waals surface area (Å²) in [6, 6.07) is 11.4. The third kappa shape index (κ3) is 2.89. The minimum atomic E-state index is 0.266. The summed E-state index contributed by atoms with van der Waals surface area (Å²) < 4.78 is 17.6. The lowest BCUT2D eigenvalue weighted by molar-refractivity contribution is -0.0175. The fraction of sp³-hybridized carbons (Fsp3) is 0.200. The first-order valence-corrected chi connectivity index (χ1v) is 7.02. The van der Waals surface area contributed by atoms with Gasteiger partial charge in [0.15, 0.2) is 6.79 Å². The van der Waals surface area contributed by atoms with Crippen molar-refractivity contribution in [2.75, 3.05) is 12.5 Å². The van der Waals surface area contributed by atoms with Crippen LogP contribution in [0.25, 0.3) is 0 Å². The molecule has 3 rings (SSSR count). The summed E-state index contributed by atoms with van der Waals surface area (Å²) in [5.74, 6) is 1.62. The van der Waals surface area contributed by atoms with Crippen molar-refractivity contribution in [3.63, 3.8) is 0 Å². The molecule has 1 aliphatic heterocycles. The molecule has 0 fully saturated rings. The van der Waals surface area contributed by atoms with Crippen LogP contribution < -0.4 is 15.2 Å². The molecule has 1 aliphatic rings. The molecule has 0 atom stereocenters. The Labute approximate surface area is 125 Å². The van der Waals surface area contributed by atoms with E-state index in [1.165, 1.54) is 0 Å². The first-order chi connectivity index (χ1) is 9.72.